The summed E-state index contributed by atoms with van der Waals surface area (Å²) in [5.74, 6) is -0.957. The van der Waals surface area contributed by atoms with Gasteiger partial charge in [-0.25, -0.2) is 4.79 Å². The fraction of sp³-hybridized carbons (Fsp3) is 0.238. The van der Waals surface area contributed by atoms with Gasteiger partial charge in [-0.2, -0.15) is 0 Å². The number of aliphatic hydroxyl groups excluding tert-OH is 1. The summed E-state index contributed by atoms with van der Waals surface area (Å²) in [5.41, 5.74) is 9.74. The lowest BCUT2D eigenvalue weighted by Crippen LogP contribution is -2.39. The molecule has 0 bridgehead atoms. The summed E-state index contributed by atoms with van der Waals surface area (Å²) >= 11 is 6.38. The van der Waals surface area contributed by atoms with Crippen molar-refractivity contribution >= 4 is 23.1 Å². The Balaban J connectivity index is 0.978. The predicted octanol–water partition coefficient (Wildman–Crippen LogP) is 9.10. The zero-order valence-corrected chi connectivity index (χ0v) is 29.3. The van der Waals surface area contributed by atoms with Crippen molar-refractivity contribution in [3.05, 3.63) is 142 Å². The van der Waals surface area contributed by atoms with Gasteiger partial charge in [0, 0.05) is 36.4 Å². The third kappa shape index (κ3) is 8.73. The number of carboxylic acids is 1. The Morgan fingerprint density at radius 1 is 0.811 bits per heavy atom. The van der Waals surface area contributed by atoms with E-state index in [1.165, 1.54) is 64.2 Å². The van der Waals surface area contributed by atoms with E-state index in [0.29, 0.717) is 29.0 Å². The van der Waals surface area contributed by atoms with Crippen molar-refractivity contribution in [2.24, 2.45) is 0 Å². The SMILES string of the molecule is O=C(O)c1cc(-c2ccc(OCC(O)CN3CCC(=C4c5ccc(Cl)cc5CCc5cccnc54)CC3)cc2)cc(-c2ccc(OC(F)(F)F)cc2)c1. The second-order valence-corrected chi connectivity index (χ2v) is 13.7. The first kappa shape index (κ1) is 36.2. The highest BCUT2D eigenvalue weighted by Gasteiger charge is 2.31. The number of fused-ring (bicyclic) bond motifs is 2. The molecule has 1 atom stereocenters. The number of likely N-dealkylation sites (tertiary alicyclic amines) is 1. The molecule has 4 aromatic carbocycles. The van der Waals surface area contributed by atoms with E-state index in [0.717, 1.165) is 55.1 Å². The van der Waals surface area contributed by atoms with Crippen LogP contribution >= 0.6 is 11.6 Å². The first-order valence-electron chi connectivity index (χ1n) is 17.3. The van der Waals surface area contributed by atoms with E-state index >= 15 is 0 Å². The van der Waals surface area contributed by atoms with Crippen molar-refractivity contribution in [3.8, 4) is 33.8 Å². The molecule has 1 fully saturated rings. The minimum Gasteiger partial charge on any atom is -0.491 e. The van der Waals surface area contributed by atoms with Crippen LogP contribution in [0.4, 0.5) is 13.2 Å². The summed E-state index contributed by atoms with van der Waals surface area (Å²) in [6.07, 6.45) is -0.107. The molecular formula is C42H36ClF3N2O5. The van der Waals surface area contributed by atoms with Crippen molar-refractivity contribution in [1.29, 1.82) is 0 Å². The maximum Gasteiger partial charge on any atom is 0.573 e. The molecule has 1 aliphatic carbocycles. The van der Waals surface area contributed by atoms with E-state index < -0.39 is 18.4 Å². The number of aliphatic hydroxyl groups is 1. The highest BCUT2D eigenvalue weighted by molar-refractivity contribution is 6.30. The van der Waals surface area contributed by atoms with Crippen molar-refractivity contribution < 1.29 is 37.7 Å². The molecule has 1 aromatic heterocycles. The van der Waals surface area contributed by atoms with E-state index in [9.17, 15) is 28.2 Å². The van der Waals surface area contributed by atoms with Crippen molar-refractivity contribution in [2.45, 2.75) is 38.1 Å². The lowest BCUT2D eigenvalue weighted by atomic mass is 9.88. The van der Waals surface area contributed by atoms with Crippen LogP contribution in [0, 0.1) is 0 Å². The zero-order chi connectivity index (χ0) is 37.1. The molecule has 5 aromatic rings. The molecule has 0 radical (unpaired) electrons. The van der Waals surface area contributed by atoms with Crippen LogP contribution in [0.5, 0.6) is 11.5 Å². The maximum absolute atomic E-state index is 12.6. The molecule has 1 unspecified atom stereocenters. The molecule has 0 amide bonds. The Kier molecular flexibility index (Phi) is 10.5. The van der Waals surface area contributed by atoms with E-state index in [1.54, 1.807) is 30.3 Å². The number of rotatable bonds is 9. The number of ether oxygens (including phenoxy) is 2. The number of piperidine rings is 1. The number of halogens is 4. The summed E-state index contributed by atoms with van der Waals surface area (Å²) < 4.78 is 47.7. The molecule has 11 heteroatoms. The van der Waals surface area contributed by atoms with Crippen molar-refractivity contribution in [3.63, 3.8) is 0 Å². The monoisotopic (exact) mass is 740 g/mol. The van der Waals surface area contributed by atoms with E-state index in [1.807, 2.05) is 18.3 Å². The van der Waals surface area contributed by atoms with Gasteiger partial charge < -0.3 is 19.7 Å². The van der Waals surface area contributed by atoms with E-state index in [4.69, 9.17) is 21.3 Å². The van der Waals surface area contributed by atoms with Gasteiger partial charge in [-0.05, 0) is 125 Å². The molecule has 1 aliphatic heterocycles. The highest BCUT2D eigenvalue weighted by atomic mass is 35.5. The number of β-amino-alcohol motifs (C(OH)–C–C–N with tert-alkyl or cyclic N) is 1. The molecule has 53 heavy (non-hydrogen) atoms. The Morgan fingerprint density at radius 2 is 1.45 bits per heavy atom. The number of carbonyl (C=O) groups is 1. The minimum atomic E-state index is -4.81. The third-order valence-electron chi connectivity index (χ3n) is 9.64. The van der Waals surface area contributed by atoms with Gasteiger partial charge in [-0.15, -0.1) is 13.2 Å². The van der Waals surface area contributed by atoms with Gasteiger partial charge in [-0.1, -0.05) is 53.6 Å². The van der Waals surface area contributed by atoms with Gasteiger partial charge in [0.2, 0.25) is 0 Å². The summed E-state index contributed by atoms with van der Waals surface area (Å²) in [4.78, 5) is 19.0. The average molecular weight is 741 g/mol. The standard InChI is InChI=1S/C42H36ClF3N2O5/c43-34-9-14-38-30(23-34)4-3-29-2-1-17-47-40(29)39(38)28-15-18-48(19-16-28)24-35(49)25-52-36-10-5-26(6-11-36)31-20-32(22-33(21-31)41(50)51)27-7-12-37(13-8-27)53-42(44,45)46/h1-2,5-14,17,20-23,35,49H,3-4,15-16,18-19,24-25H2,(H,50,51). The average Bonchev–Trinajstić information content (AvgIpc) is 3.30. The van der Waals surface area contributed by atoms with Gasteiger partial charge in [-0.3, -0.25) is 9.88 Å². The highest BCUT2D eigenvalue weighted by Crippen LogP contribution is 2.39. The van der Waals surface area contributed by atoms with Crippen LogP contribution in [-0.2, 0) is 12.8 Å². The van der Waals surface area contributed by atoms with Crippen LogP contribution in [0.1, 0.15) is 45.6 Å². The first-order chi connectivity index (χ1) is 25.5. The third-order valence-corrected chi connectivity index (χ3v) is 9.88. The topological polar surface area (TPSA) is 92.1 Å². The van der Waals surface area contributed by atoms with Crippen LogP contribution in [0.3, 0.4) is 0 Å². The van der Waals surface area contributed by atoms with Crippen LogP contribution in [-0.4, -0.2) is 64.8 Å². The second-order valence-electron chi connectivity index (χ2n) is 13.3. The molecule has 2 heterocycles. The number of hydrogen-bond donors (Lipinski definition) is 2. The molecular weight excluding hydrogens is 705 g/mol. The smallest absolute Gasteiger partial charge is 0.491 e. The fourth-order valence-corrected chi connectivity index (χ4v) is 7.30. The number of pyridine rings is 1. The number of benzene rings is 4. The Morgan fingerprint density at radius 3 is 2.09 bits per heavy atom. The normalized spacial score (nSPS) is 15.3. The number of aryl methyl sites for hydroxylation is 2. The molecule has 272 valence electrons. The minimum absolute atomic E-state index is 0.0306. The Bertz CT molecular complexity index is 2140. The molecule has 0 spiro atoms. The number of aromatic carboxylic acids is 1. The molecule has 1 saturated heterocycles. The van der Waals surface area contributed by atoms with Crippen molar-refractivity contribution in [2.75, 3.05) is 26.2 Å². The van der Waals surface area contributed by atoms with Crippen LogP contribution in [0.2, 0.25) is 5.02 Å². The number of carboxylic acid groups (broad SMARTS) is 1. The number of aromatic nitrogens is 1. The fourth-order valence-electron chi connectivity index (χ4n) is 7.11. The summed E-state index contributed by atoms with van der Waals surface area (Å²) in [5, 5.41) is 21.4. The van der Waals surface area contributed by atoms with Gasteiger partial charge in [0.15, 0.2) is 0 Å². The summed E-state index contributed by atoms with van der Waals surface area (Å²) in [6, 6.07) is 27.4. The lowest BCUT2D eigenvalue weighted by molar-refractivity contribution is -0.274. The zero-order valence-electron chi connectivity index (χ0n) is 28.6. The largest absolute Gasteiger partial charge is 0.573 e. The van der Waals surface area contributed by atoms with Gasteiger partial charge >= 0.3 is 12.3 Å². The van der Waals surface area contributed by atoms with Gasteiger partial charge in [0.25, 0.3) is 0 Å². The number of alkyl halides is 3. The lowest BCUT2D eigenvalue weighted by Gasteiger charge is -2.31. The summed E-state index contributed by atoms with van der Waals surface area (Å²) in [6.45, 7) is 2.18. The maximum atomic E-state index is 12.6. The van der Waals surface area contributed by atoms with E-state index in [-0.39, 0.29) is 17.9 Å². The second kappa shape index (κ2) is 15.4. The molecule has 7 rings (SSSR count). The van der Waals surface area contributed by atoms with E-state index in [2.05, 4.69) is 27.8 Å². The predicted molar refractivity (Wildman–Crippen MR) is 197 cm³/mol. The molecule has 2 N–H and O–H groups in total. The molecule has 0 saturated carbocycles. The Labute approximate surface area is 309 Å². The Hall–Kier alpha value is -5.16. The molecule has 7 nitrogen and oxygen atoms in total. The quantitative estimate of drug-likeness (QED) is 0.156. The summed E-state index contributed by atoms with van der Waals surface area (Å²) in [7, 11) is 0. The van der Waals surface area contributed by atoms with Gasteiger partial charge in [0.05, 0.1) is 11.3 Å². The number of nitrogens with zero attached hydrogens (tertiary/aromatic N) is 2. The van der Waals surface area contributed by atoms with Crippen LogP contribution < -0.4 is 9.47 Å². The molecule has 2 aliphatic rings. The first-order valence-corrected chi connectivity index (χ1v) is 17.7. The van der Waals surface area contributed by atoms with Crippen molar-refractivity contribution in [1.82, 2.24) is 9.88 Å². The van der Waals surface area contributed by atoms with Crippen LogP contribution in [0.25, 0.3) is 27.8 Å². The van der Waals surface area contributed by atoms with Gasteiger partial charge in [0.1, 0.15) is 24.2 Å². The number of hydrogen-bond acceptors (Lipinski definition) is 6. The van der Waals surface area contributed by atoms with Crippen LogP contribution in [0.15, 0.2) is 109 Å².